The molecule has 1 heterocycles. The zero-order chi connectivity index (χ0) is 13.4. The summed E-state index contributed by atoms with van der Waals surface area (Å²) in [6.07, 6.45) is 4.37. The van der Waals surface area contributed by atoms with Crippen molar-refractivity contribution in [1.29, 1.82) is 0 Å². The van der Waals surface area contributed by atoms with Gasteiger partial charge in [0, 0.05) is 0 Å². The molecular formula is C14H17NO4. The minimum absolute atomic E-state index is 0.143. The van der Waals surface area contributed by atoms with Crippen LogP contribution in [0.5, 0.6) is 0 Å². The molecule has 2 saturated carbocycles. The molecule has 2 bridgehead atoms. The van der Waals surface area contributed by atoms with E-state index in [1.807, 2.05) is 0 Å². The number of carbonyl (C=O) groups is 2. The van der Waals surface area contributed by atoms with E-state index in [1.165, 1.54) is 0 Å². The van der Waals surface area contributed by atoms with Crippen molar-refractivity contribution in [3.63, 3.8) is 0 Å². The predicted molar refractivity (Wildman–Crippen MR) is 66.0 cm³/mol. The summed E-state index contributed by atoms with van der Waals surface area (Å²) in [4.78, 5) is 23.6. The van der Waals surface area contributed by atoms with Crippen LogP contribution < -0.4 is 5.32 Å². The standard InChI is InChI=1S/C14H17NO4/c16-13(15-7-10-2-1-5-19-10)11-8-3-4-9(6-8)12(11)14(17)18/h1-2,5,8-9,11-12H,3-4,6-7H2,(H,15,16)(H,17,18)/t8-,9-,11+,12+/m0/s1. The molecule has 19 heavy (non-hydrogen) atoms. The molecule has 0 unspecified atom stereocenters. The van der Waals surface area contributed by atoms with E-state index in [2.05, 4.69) is 5.32 Å². The Morgan fingerprint density at radius 2 is 2.05 bits per heavy atom. The fourth-order valence-electron chi connectivity index (χ4n) is 3.73. The summed E-state index contributed by atoms with van der Waals surface area (Å²) in [5.41, 5.74) is 0. The minimum Gasteiger partial charge on any atom is -0.481 e. The van der Waals surface area contributed by atoms with Gasteiger partial charge in [0.15, 0.2) is 0 Å². The highest BCUT2D eigenvalue weighted by molar-refractivity contribution is 5.86. The SMILES string of the molecule is O=C(O)[C@@H]1[C@H]2CC[C@@H](C2)[C@H]1C(=O)NCc1ccco1. The molecule has 2 N–H and O–H groups in total. The zero-order valence-electron chi connectivity index (χ0n) is 10.5. The van der Waals surface area contributed by atoms with E-state index < -0.39 is 11.9 Å². The molecule has 1 aromatic heterocycles. The third kappa shape index (κ3) is 2.13. The number of hydrogen-bond acceptors (Lipinski definition) is 3. The van der Waals surface area contributed by atoms with Crippen LogP contribution in [0.4, 0.5) is 0 Å². The Morgan fingerprint density at radius 1 is 1.32 bits per heavy atom. The Bertz CT molecular complexity index is 482. The molecule has 0 spiro atoms. The van der Waals surface area contributed by atoms with Crippen molar-refractivity contribution >= 4 is 11.9 Å². The van der Waals surface area contributed by atoms with Crippen LogP contribution in [0.1, 0.15) is 25.0 Å². The van der Waals surface area contributed by atoms with Crippen LogP contribution in [0.2, 0.25) is 0 Å². The highest BCUT2D eigenvalue weighted by Gasteiger charge is 2.53. The summed E-state index contributed by atoms with van der Waals surface area (Å²) in [5, 5.41) is 12.1. The first-order chi connectivity index (χ1) is 9.16. The summed E-state index contributed by atoms with van der Waals surface area (Å²) in [6.45, 7) is 0.325. The molecule has 0 saturated heterocycles. The second-order valence-electron chi connectivity index (χ2n) is 5.52. The van der Waals surface area contributed by atoms with E-state index in [0.717, 1.165) is 19.3 Å². The minimum atomic E-state index is -0.828. The number of rotatable bonds is 4. The largest absolute Gasteiger partial charge is 0.481 e. The first-order valence-corrected chi connectivity index (χ1v) is 6.69. The molecule has 0 aromatic carbocycles. The second kappa shape index (κ2) is 4.72. The molecular weight excluding hydrogens is 246 g/mol. The van der Waals surface area contributed by atoms with Crippen molar-refractivity contribution in [1.82, 2.24) is 5.32 Å². The Hall–Kier alpha value is -1.78. The molecule has 0 radical (unpaired) electrons. The third-order valence-corrected chi connectivity index (χ3v) is 4.52. The Labute approximate surface area is 111 Å². The lowest BCUT2D eigenvalue weighted by Gasteiger charge is -2.26. The molecule has 5 heteroatoms. The quantitative estimate of drug-likeness (QED) is 0.865. The van der Waals surface area contributed by atoms with Crippen LogP contribution in [-0.2, 0) is 16.1 Å². The molecule has 2 fully saturated rings. The van der Waals surface area contributed by atoms with Gasteiger partial charge in [-0.3, -0.25) is 9.59 Å². The molecule has 4 atom stereocenters. The van der Waals surface area contributed by atoms with E-state index in [9.17, 15) is 14.7 Å². The van der Waals surface area contributed by atoms with Crippen molar-refractivity contribution in [2.24, 2.45) is 23.7 Å². The smallest absolute Gasteiger partial charge is 0.307 e. The van der Waals surface area contributed by atoms with Crippen LogP contribution in [0.15, 0.2) is 22.8 Å². The number of carboxylic acids is 1. The van der Waals surface area contributed by atoms with Crippen LogP contribution in [-0.4, -0.2) is 17.0 Å². The molecule has 0 aliphatic heterocycles. The highest BCUT2D eigenvalue weighted by Crippen LogP contribution is 2.52. The van der Waals surface area contributed by atoms with Gasteiger partial charge in [0.05, 0.1) is 24.6 Å². The van der Waals surface area contributed by atoms with Gasteiger partial charge < -0.3 is 14.8 Å². The summed E-state index contributed by atoms with van der Waals surface area (Å²) >= 11 is 0. The third-order valence-electron chi connectivity index (χ3n) is 4.52. The van der Waals surface area contributed by atoms with Crippen molar-refractivity contribution in [3.8, 4) is 0 Å². The number of carboxylic acid groups (broad SMARTS) is 1. The Kier molecular flexibility index (Phi) is 3.05. The maximum absolute atomic E-state index is 12.2. The van der Waals surface area contributed by atoms with E-state index in [0.29, 0.717) is 12.3 Å². The summed E-state index contributed by atoms with van der Waals surface area (Å²) in [6, 6.07) is 3.55. The number of nitrogens with one attached hydrogen (secondary N) is 1. The van der Waals surface area contributed by atoms with Crippen LogP contribution in [0, 0.1) is 23.7 Å². The van der Waals surface area contributed by atoms with Gasteiger partial charge >= 0.3 is 5.97 Å². The average Bonchev–Trinajstić information content (AvgIpc) is 3.10. The highest BCUT2D eigenvalue weighted by atomic mass is 16.4. The van der Waals surface area contributed by atoms with Gasteiger partial charge in [-0.2, -0.15) is 0 Å². The summed E-state index contributed by atoms with van der Waals surface area (Å²) in [5.74, 6) is -0.740. The van der Waals surface area contributed by atoms with Gasteiger partial charge in [-0.1, -0.05) is 0 Å². The van der Waals surface area contributed by atoms with E-state index in [1.54, 1.807) is 18.4 Å². The molecule has 1 amide bonds. The molecule has 3 rings (SSSR count). The van der Waals surface area contributed by atoms with Crippen molar-refractivity contribution in [3.05, 3.63) is 24.2 Å². The lowest BCUT2D eigenvalue weighted by molar-refractivity contribution is -0.149. The van der Waals surface area contributed by atoms with Crippen molar-refractivity contribution in [2.45, 2.75) is 25.8 Å². The molecule has 2 aliphatic rings. The van der Waals surface area contributed by atoms with Gasteiger partial charge in [0.25, 0.3) is 0 Å². The molecule has 1 aromatic rings. The first-order valence-electron chi connectivity index (χ1n) is 6.69. The summed E-state index contributed by atoms with van der Waals surface area (Å²) < 4.78 is 5.15. The van der Waals surface area contributed by atoms with E-state index in [-0.39, 0.29) is 23.7 Å². The maximum atomic E-state index is 12.2. The second-order valence-corrected chi connectivity index (χ2v) is 5.52. The van der Waals surface area contributed by atoms with Gasteiger partial charge in [-0.25, -0.2) is 0 Å². The van der Waals surface area contributed by atoms with Gasteiger partial charge in [-0.05, 0) is 43.2 Å². The fourth-order valence-corrected chi connectivity index (χ4v) is 3.73. The fraction of sp³-hybridized carbons (Fsp3) is 0.571. The van der Waals surface area contributed by atoms with Crippen molar-refractivity contribution in [2.75, 3.05) is 0 Å². The Morgan fingerprint density at radius 3 is 2.68 bits per heavy atom. The molecule has 2 aliphatic carbocycles. The zero-order valence-corrected chi connectivity index (χ0v) is 10.5. The van der Waals surface area contributed by atoms with Gasteiger partial charge in [-0.15, -0.1) is 0 Å². The number of carbonyl (C=O) groups excluding carboxylic acids is 1. The first kappa shape index (κ1) is 12.3. The topological polar surface area (TPSA) is 79.5 Å². The van der Waals surface area contributed by atoms with E-state index >= 15 is 0 Å². The predicted octanol–water partition coefficient (Wildman–Crippen LogP) is 1.64. The van der Waals surface area contributed by atoms with Crippen LogP contribution in [0.25, 0.3) is 0 Å². The number of fused-ring (bicyclic) bond motifs is 2. The average molecular weight is 263 g/mol. The molecule has 102 valence electrons. The normalized spacial score (nSPS) is 32.4. The summed E-state index contributed by atoms with van der Waals surface area (Å²) in [7, 11) is 0. The number of hydrogen-bond donors (Lipinski definition) is 2. The monoisotopic (exact) mass is 263 g/mol. The van der Waals surface area contributed by atoms with Gasteiger partial charge in [0.1, 0.15) is 5.76 Å². The van der Waals surface area contributed by atoms with Crippen LogP contribution >= 0.6 is 0 Å². The lowest BCUT2D eigenvalue weighted by atomic mass is 9.79. The van der Waals surface area contributed by atoms with Crippen molar-refractivity contribution < 1.29 is 19.1 Å². The van der Waals surface area contributed by atoms with Gasteiger partial charge in [0.2, 0.25) is 5.91 Å². The Balaban J connectivity index is 1.66. The lowest BCUT2D eigenvalue weighted by Crippen LogP contribution is -2.40. The maximum Gasteiger partial charge on any atom is 0.307 e. The molecule has 5 nitrogen and oxygen atoms in total. The number of amides is 1. The van der Waals surface area contributed by atoms with Crippen LogP contribution in [0.3, 0.4) is 0 Å². The number of furan rings is 1. The number of aliphatic carboxylic acids is 1. The van der Waals surface area contributed by atoms with E-state index in [4.69, 9.17) is 4.42 Å².